The van der Waals surface area contributed by atoms with Gasteiger partial charge < -0.3 is 14.4 Å². The first-order valence-electron chi connectivity index (χ1n) is 7.36. The van der Waals surface area contributed by atoms with Crippen LogP contribution in [0.1, 0.15) is 28.7 Å². The van der Waals surface area contributed by atoms with E-state index in [9.17, 15) is 9.90 Å². The zero-order valence-electron chi connectivity index (χ0n) is 13.0. The molecule has 6 nitrogen and oxygen atoms in total. The quantitative estimate of drug-likeness (QED) is 0.750. The summed E-state index contributed by atoms with van der Waals surface area (Å²) in [6.45, 7) is 4.34. The third-order valence-corrected chi connectivity index (χ3v) is 3.54. The van der Waals surface area contributed by atoms with Crippen LogP contribution in [0.2, 0.25) is 0 Å². The van der Waals surface area contributed by atoms with Crippen molar-refractivity contribution in [1.29, 1.82) is 0 Å². The zero-order chi connectivity index (χ0) is 16.4. The number of aromatic hydroxyl groups is 1. The highest BCUT2D eigenvalue weighted by Gasteiger charge is 2.12. The Balaban J connectivity index is 1.99. The predicted octanol–water partition coefficient (Wildman–Crippen LogP) is 2.67. The van der Waals surface area contributed by atoms with Crippen LogP contribution in [0.4, 0.5) is 0 Å². The zero-order valence-corrected chi connectivity index (χ0v) is 13.0. The standard InChI is InChI=1S/C17H17N3O3/c1-3-23-17(22)12-5-6-13-15(8-12)20(10-18-13)9-14-16(21)7-4-11(2)19-14/h4-8,10,21H,3,9H2,1-2H3. The Labute approximate surface area is 133 Å². The summed E-state index contributed by atoms with van der Waals surface area (Å²) in [7, 11) is 0. The number of nitrogens with zero attached hydrogens (tertiary/aromatic N) is 3. The van der Waals surface area contributed by atoms with E-state index < -0.39 is 0 Å². The number of aromatic nitrogens is 3. The molecule has 2 heterocycles. The number of fused-ring (bicyclic) bond motifs is 1. The van der Waals surface area contributed by atoms with Crippen molar-refractivity contribution in [3.8, 4) is 5.75 Å². The van der Waals surface area contributed by atoms with E-state index in [2.05, 4.69) is 9.97 Å². The summed E-state index contributed by atoms with van der Waals surface area (Å²) in [6, 6.07) is 8.60. The van der Waals surface area contributed by atoms with Crippen molar-refractivity contribution in [3.05, 3.63) is 53.6 Å². The molecule has 0 unspecified atom stereocenters. The summed E-state index contributed by atoms with van der Waals surface area (Å²) in [5.74, 6) is -0.224. The molecule has 0 fully saturated rings. The van der Waals surface area contributed by atoms with Gasteiger partial charge in [0.05, 0.1) is 36.1 Å². The molecule has 1 N–H and O–H groups in total. The van der Waals surface area contributed by atoms with Gasteiger partial charge in [-0.2, -0.15) is 0 Å². The van der Waals surface area contributed by atoms with E-state index in [0.717, 1.165) is 16.7 Å². The molecule has 0 saturated heterocycles. The van der Waals surface area contributed by atoms with Crippen LogP contribution in [-0.4, -0.2) is 32.2 Å². The molecule has 3 rings (SSSR count). The van der Waals surface area contributed by atoms with Gasteiger partial charge in [-0.1, -0.05) is 0 Å². The first-order chi connectivity index (χ1) is 11.1. The second kappa shape index (κ2) is 6.08. The molecule has 0 aliphatic heterocycles. The Bertz CT molecular complexity index is 871. The van der Waals surface area contributed by atoms with E-state index in [4.69, 9.17) is 4.74 Å². The third-order valence-electron chi connectivity index (χ3n) is 3.54. The van der Waals surface area contributed by atoms with Crippen LogP contribution in [0.3, 0.4) is 0 Å². The molecule has 0 bridgehead atoms. The number of carbonyl (C=O) groups excluding carboxylic acids is 1. The van der Waals surface area contributed by atoms with Gasteiger partial charge in [-0.05, 0) is 44.2 Å². The Morgan fingerprint density at radius 1 is 1.30 bits per heavy atom. The maximum Gasteiger partial charge on any atom is 0.338 e. The van der Waals surface area contributed by atoms with Gasteiger partial charge in [-0.3, -0.25) is 4.98 Å². The Hall–Kier alpha value is -2.89. The number of rotatable bonds is 4. The fraction of sp³-hybridized carbons (Fsp3) is 0.235. The number of aryl methyl sites for hydroxylation is 1. The molecule has 0 aliphatic carbocycles. The highest BCUT2D eigenvalue weighted by molar-refractivity contribution is 5.93. The monoisotopic (exact) mass is 311 g/mol. The maximum absolute atomic E-state index is 11.9. The molecule has 1 aromatic carbocycles. The van der Waals surface area contributed by atoms with Crippen molar-refractivity contribution in [2.75, 3.05) is 6.61 Å². The number of hydrogen-bond acceptors (Lipinski definition) is 5. The summed E-state index contributed by atoms with van der Waals surface area (Å²) in [5, 5.41) is 9.95. The lowest BCUT2D eigenvalue weighted by Crippen LogP contribution is -2.05. The Kier molecular flexibility index (Phi) is 3.97. The number of benzene rings is 1. The molecule has 23 heavy (non-hydrogen) atoms. The summed E-state index contributed by atoms with van der Waals surface area (Å²) in [5.41, 5.74) is 3.42. The number of carbonyl (C=O) groups is 1. The van der Waals surface area contributed by atoms with Crippen LogP contribution in [0, 0.1) is 6.92 Å². The van der Waals surface area contributed by atoms with Crippen molar-refractivity contribution in [2.45, 2.75) is 20.4 Å². The molecular formula is C17H17N3O3. The Morgan fingerprint density at radius 2 is 2.13 bits per heavy atom. The minimum atomic E-state index is -0.362. The number of esters is 1. The highest BCUT2D eigenvalue weighted by Crippen LogP contribution is 2.20. The number of hydrogen-bond donors (Lipinski definition) is 1. The van der Waals surface area contributed by atoms with Gasteiger partial charge in [0, 0.05) is 5.69 Å². The molecule has 0 amide bonds. The topological polar surface area (TPSA) is 77.2 Å². The van der Waals surface area contributed by atoms with E-state index in [0.29, 0.717) is 24.4 Å². The minimum absolute atomic E-state index is 0.138. The van der Waals surface area contributed by atoms with Crippen LogP contribution in [0.25, 0.3) is 11.0 Å². The van der Waals surface area contributed by atoms with Crippen molar-refractivity contribution in [1.82, 2.24) is 14.5 Å². The molecule has 0 radical (unpaired) electrons. The number of imidazole rings is 1. The largest absolute Gasteiger partial charge is 0.506 e. The number of ether oxygens (including phenoxy) is 1. The van der Waals surface area contributed by atoms with E-state index in [1.54, 1.807) is 43.6 Å². The number of pyridine rings is 1. The van der Waals surface area contributed by atoms with Gasteiger partial charge >= 0.3 is 5.97 Å². The van der Waals surface area contributed by atoms with E-state index in [1.807, 2.05) is 11.5 Å². The van der Waals surface area contributed by atoms with Gasteiger partial charge in [0.1, 0.15) is 11.4 Å². The fourth-order valence-corrected chi connectivity index (χ4v) is 2.40. The summed E-state index contributed by atoms with van der Waals surface area (Å²) >= 11 is 0. The van der Waals surface area contributed by atoms with Gasteiger partial charge in [0.15, 0.2) is 0 Å². The van der Waals surface area contributed by atoms with Gasteiger partial charge in [-0.15, -0.1) is 0 Å². The fourth-order valence-electron chi connectivity index (χ4n) is 2.40. The summed E-state index contributed by atoms with van der Waals surface area (Å²) in [4.78, 5) is 20.5. The second-order valence-electron chi connectivity index (χ2n) is 5.21. The second-order valence-corrected chi connectivity index (χ2v) is 5.21. The molecule has 3 aromatic rings. The maximum atomic E-state index is 11.9. The molecule has 0 spiro atoms. The minimum Gasteiger partial charge on any atom is -0.506 e. The van der Waals surface area contributed by atoms with Gasteiger partial charge in [0.25, 0.3) is 0 Å². The lowest BCUT2D eigenvalue weighted by molar-refractivity contribution is 0.0526. The molecule has 0 atom stereocenters. The smallest absolute Gasteiger partial charge is 0.338 e. The van der Waals surface area contributed by atoms with Crippen molar-refractivity contribution >= 4 is 17.0 Å². The van der Waals surface area contributed by atoms with Gasteiger partial charge in [0.2, 0.25) is 0 Å². The van der Waals surface area contributed by atoms with Crippen LogP contribution >= 0.6 is 0 Å². The van der Waals surface area contributed by atoms with E-state index in [-0.39, 0.29) is 11.7 Å². The molecule has 118 valence electrons. The predicted molar refractivity (Wildman–Crippen MR) is 85.4 cm³/mol. The lowest BCUT2D eigenvalue weighted by Gasteiger charge is -2.08. The average molecular weight is 311 g/mol. The molecule has 2 aromatic heterocycles. The van der Waals surface area contributed by atoms with Crippen LogP contribution in [0.15, 0.2) is 36.7 Å². The summed E-state index contributed by atoms with van der Waals surface area (Å²) < 4.78 is 6.87. The third kappa shape index (κ3) is 3.01. The van der Waals surface area contributed by atoms with Crippen molar-refractivity contribution in [3.63, 3.8) is 0 Å². The summed E-state index contributed by atoms with van der Waals surface area (Å²) in [6.07, 6.45) is 1.67. The van der Waals surface area contributed by atoms with E-state index in [1.165, 1.54) is 0 Å². The highest BCUT2D eigenvalue weighted by atomic mass is 16.5. The van der Waals surface area contributed by atoms with Crippen molar-refractivity contribution < 1.29 is 14.6 Å². The average Bonchev–Trinajstić information content (AvgIpc) is 2.93. The lowest BCUT2D eigenvalue weighted by atomic mass is 10.2. The molecule has 0 aliphatic rings. The Morgan fingerprint density at radius 3 is 2.91 bits per heavy atom. The van der Waals surface area contributed by atoms with Gasteiger partial charge in [-0.25, -0.2) is 9.78 Å². The van der Waals surface area contributed by atoms with Crippen LogP contribution in [-0.2, 0) is 11.3 Å². The molecule has 6 heteroatoms. The normalized spacial score (nSPS) is 10.9. The first-order valence-corrected chi connectivity index (χ1v) is 7.36. The van der Waals surface area contributed by atoms with E-state index >= 15 is 0 Å². The molecule has 0 saturated carbocycles. The van der Waals surface area contributed by atoms with Crippen molar-refractivity contribution in [2.24, 2.45) is 0 Å². The first kappa shape index (κ1) is 15.0. The van der Waals surface area contributed by atoms with Crippen LogP contribution < -0.4 is 0 Å². The SMILES string of the molecule is CCOC(=O)c1ccc2ncn(Cc3nc(C)ccc3O)c2c1. The molecular weight excluding hydrogens is 294 g/mol. The van der Waals surface area contributed by atoms with Crippen LogP contribution in [0.5, 0.6) is 5.75 Å².